The van der Waals surface area contributed by atoms with Crippen LogP contribution in [0, 0.1) is 18.7 Å². The van der Waals surface area contributed by atoms with Crippen LogP contribution in [0.4, 0.5) is 4.39 Å². The van der Waals surface area contributed by atoms with Gasteiger partial charge in [-0.05, 0) is 43.0 Å². The molecule has 1 aliphatic heterocycles. The average molecular weight is 351 g/mol. The minimum atomic E-state index is -3.66. The maximum Gasteiger partial charge on any atom is 0.243 e. The molecule has 0 bridgehead atoms. The summed E-state index contributed by atoms with van der Waals surface area (Å²) in [5, 5.41) is 4.07. The molecule has 128 valence electrons. The predicted molar refractivity (Wildman–Crippen MR) is 83.2 cm³/mol. The number of nitrogens with zero attached hydrogens (tertiary/aromatic N) is 3. The van der Waals surface area contributed by atoms with Crippen molar-refractivity contribution < 1.29 is 17.3 Å². The summed E-state index contributed by atoms with van der Waals surface area (Å²) >= 11 is 0. The normalized spacial score (nSPS) is 27.5. The van der Waals surface area contributed by atoms with Gasteiger partial charge in [0.1, 0.15) is 5.82 Å². The Morgan fingerprint density at radius 3 is 2.75 bits per heavy atom. The van der Waals surface area contributed by atoms with Gasteiger partial charge in [0, 0.05) is 20.0 Å². The number of fused-ring (bicyclic) bond motifs is 1. The fraction of sp³-hybridized carbons (Fsp3) is 0.500. The summed E-state index contributed by atoms with van der Waals surface area (Å²) in [4.78, 5) is 4.49. The van der Waals surface area contributed by atoms with E-state index in [2.05, 4.69) is 10.1 Å². The third kappa shape index (κ3) is 2.28. The average Bonchev–Trinajstić information content (AvgIpc) is 3.21. The topological polar surface area (TPSA) is 76.3 Å². The minimum absolute atomic E-state index is 0.114. The zero-order valence-corrected chi connectivity index (χ0v) is 14.1. The number of hydrogen-bond donors (Lipinski definition) is 0. The van der Waals surface area contributed by atoms with E-state index in [4.69, 9.17) is 4.52 Å². The van der Waals surface area contributed by atoms with E-state index >= 15 is 0 Å². The fourth-order valence-corrected chi connectivity index (χ4v) is 5.60. The second-order valence-corrected chi connectivity index (χ2v) is 8.57. The summed E-state index contributed by atoms with van der Waals surface area (Å²) in [6, 6.07) is 4.96. The molecule has 2 aromatic rings. The Hall–Kier alpha value is -1.80. The third-order valence-electron chi connectivity index (χ3n) is 5.26. The zero-order valence-electron chi connectivity index (χ0n) is 13.3. The van der Waals surface area contributed by atoms with Crippen molar-refractivity contribution in [2.75, 3.05) is 13.1 Å². The molecule has 1 saturated carbocycles. The van der Waals surface area contributed by atoms with Gasteiger partial charge in [0.2, 0.25) is 15.9 Å². The first-order valence-corrected chi connectivity index (χ1v) is 9.42. The van der Waals surface area contributed by atoms with Crippen LogP contribution in [-0.4, -0.2) is 36.0 Å². The van der Waals surface area contributed by atoms with Gasteiger partial charge in [-0.15, -0.1) is 0 Å². The lowest BCUT2D eigenvalue weighted by Gasteiger charge is -2.24. The van der Waals surface area contributed by atoms with Crippen LogP contribution in [0.2, 0.25) is 0 Å². The van der Waals surface area contributed by atoms with Crippen molar-refractivity contribution in [2.24, 2.45) is 5.92 Å². The van der Waals surface area contributed by atoms with Crippen LogP contribution >= 0.6 is 0 Å². The number of sulfonamides is 1. The highest BCUT2D eigenvalue weighted by atomic mass is 32.2. The van der Waals surface area contributed by atoms with Gasteiger partial charge in [0.05, 0.1) is 10.3 Å². The SMILES string of the molecule is Cc1nc(C23CCCC2CN(S(=O)(=O)c2ccc(F)cc2)C3)no1. The molecule has 1 saturated heterocycles. The first kappa shape index (κ1) is 15.7. The van der Waals surface area contributed by atoms with Crippen molar-refractivity contribution in [1.29, 1.82) is 0 Å². The molecule has 4 rings (SSSR count). The highest BCUT2D eigenvalue weighted by Gasteiger charge is 2.55. The Bertz CT molecular complexity index is 865. The Morgan fingerprint density at radius 1 is 1.33 bits per heavy atom. The molecule has 2 unspecified atom stereocenters. The monoisotopic (exact) mass is 351 g/mol. The summed E-state index contributed by atoms with van der Waals surface area (Å²) in [5.41, 5.74) is -0.370. The summed E-state index contributed by atoms with van der Waals surface area (Å²) < 4.78 is 45.5. The van der Waals surface area contributed by atoms with Crippen LogP contribution in [0.15, 0.2) is 33.7 Å². The molecule has 0 spiro atoms. The number of hydrogen-bond acceptors (Lipinski definition) is 5. The van der Waals surface area contributed by atoms with E-state index < -0.39 is 15.8 Å². The van der Waals surface area contributed by atoms with Crippen molar-refractivity contribution in [3.63, 3.8) is 0 Å². The summed E-state index contributed by atoms with van der Waals surface area (Å²) in [5.74, 6) is 0.833. The van der Waals surface area contributed by atoms with Gasteiger partial charge in [-0.3, -0.25) is 0 Å². The molecular formula is C16H18FN3O3S. The molecular weight excluding hydrogens is 333 g/mol. The van der Waals surface area contributed by atoms with Gasteiger partial charge in [0.25, 0.3) is 0 Å². The molecule has 0 radical (unpaired) electrons. The van der Waals surface area contributed by atoms with E-state index in [1.54, 1.807) is 6.92 Å². The van der Waals surface area contributed by atoms with E-state index in [9.17, 15) is 12.8 Å². The molecule has 2 fully saturated rings. The zero-order chi connectivity index (χ0) is 16.9. The van der Waals surface area contributed by atoms with E-state index in [1.807, 2.05) is 0 Å². The lowest BCUT2D eigenvalue weighted by atomic mass is 9.80. The molecule has 2 heterocycles. The lowest BCUT2D eigenvalue weighted by Crippen LogP contribution is -2.35. The molecule has 1 aliphatic carbocycles. The maximum absolute atomic E-state index is 13.1. The molecule has 2 atom stereocenters. The van der Waals surface area contributed by atoms with Crippen molar-refractivity contribution in [1.82, 2.24) is 14.4 Å². The third-order valence-corrected chi connectivity index (χ3v) is 7.09. The van der Waals surface area contributed by atoms with Gasteiger partial charge in [-0.1, -0.05) is 11.6 Å². The van der Waals surface area contributed by atoms with Crippen LogP contribution in [0.5, 0.6) is 0 Å². The van der Waals surface area contributed by atoms with Crippen molar-refractivity contribution in [2.45, 2.75) is 36.5 Å². The standard InChI is InChI=1S/C16H18FN3O3S/c1-11-18-15(19-23-11)16-8-2-3-12(16)9-20(10-16)24(21,22)14-6-4-13(17)5-7-14/h4-7,12H,2-3,8-10H2,1H3. The molecule has 2 aliphatic rings. The first-order chi connectivity index (χ1) is 11.4. The Morgan fingerprint density at radius 2 is 2.08 bits per heavy atom. The Balaban J connectivity index is 1.69. The van der Waals surface area contributed by atoms with E-state index in [0.717, 1.165) is 19.3 Å². The van der Waals surface area contributed by atoms with Gasteiger partial charge in [-0.25, -0.2) is 12.8 Å². The van der Waals surface area contributed by atoms with Crippen LogP contribution in [0.3, 0.4) is 0 Å². The van der Waals surface area contributed by atoms with E-state index in [-0.39, 0.29) is 16.2 Å². The largest absolute Gasteiger partial charge is 0.340 e. The van der Waals surface area contributed by atoms with Crippen molar-refractivity contribution >= 4 is 10.0 Å². The molecule has 0 N–H and O–H groups in total. The van der Waals surface area contributed by atoms with Crippen molar-refractivity contribution in [3.05, 3.63) is 41.8 Å². The van der Waals surface area contributed by atoms with Crippen LogP contribution in [-0.2, 0) is 15.4 Å². The highest BCUT2D eigenvalue weighted by molar-refractivity contribution is 7.89. The summed E-state index contributed by atoms with van der Waals surface area (Å²) in [6.45, 7) is 2.52. The van der Waals surface area contributed by atoms with Gasteiger partial charge in [0.15, 0.2) is 5.82 Å². The minimum Gasteiger partial charge on any atom is -0.340 e. The highest BCUT2D eigenvalue weighted by Crippen LogP contribution is 2.50. The number of halogens is 1. The lowest BCUT2D eigenvalue weighted by molar-refractivity contribution is 0.332. The van der Waals surface area contributed by atoms with Crippen LogP contribution in [0.1, 0.15) is 31.0 Å². The molecule has 24 heavy (non-hydrogen) atoms. The Kier molecular flexibility index (Phi) is 3.50. The fourth-order valence-electron chi connectivity index (χ4n) is 4.05. The molecule has 1 aromatic carbocycles. The van der Waals surface area contributed by atoms with Gasteiger partial charge in [-0.2, -0.15) is 9.29 Å². The molecule has 0 amide bonds. The molecule has 1 aromatic heterocycles. The molecule has 8 heteroatoms. The van der Waals surface area contributed by atoms with Crippen LogP contribution < -0.4 is 0 Å². The number of benzene rings is 1. The quantitative estimate of drug-likeness (QED) is 0.848. The summed E-state index contributed by atoms with van der Waals surface area (Å²) in [7, 11) is -3.66. The number of aromatic nitrogens is 2. The Labute approximate surface area is 139 Å². The molecule has 6 nitrogen and oxygen atoms in total. The number of rotatable bonds is 3. The second-order valence-electron chi connectivity index (χ2n) is 6.63. The van der Waals surface area contributed by atoms with Gasteiger partial charge >= 0.3 is 0 Å². The van der Waals surface area contributed by atoms with Crippen molar-refractivity contribution in [3.8, 4) is 0 Å². The predicted octanol–water partition coefficient (Wildman–Crippen LogP) is 2.26. The van der Waals surface area contributed by atoms with Crippen LogP contribution in [0.25, 0.3) is 0 Å². The maximum atomic E-state index is 13.1. The number of aryl methyl sites for hydroxylation is 1. The first-order valence-electron chi connectivity index (χ1n) is 7.98. The van der Waals surface area contributed by atoms with E-state index in [0.29, 0.717) is 24.8 Å². The second kappa shape index (κ2) is 5.35. The summed E-state index contributed by atoms with van der Waals surface area (Å²) in [6.07, 6.45) is 2.83. The van der Waals surface area contributed by atoms with E-state index in [1.165, 1.54) is 28.6 Å². The smallest absolute Gasteiger partial charge is 0.243 e. The van der Waals surface area contributed by atoms with Gasteiger partial charge < -0.3 is 4.52 Å².